The molecule has 0 unspecified atom stereocenters. The number of nitrogens with one attached hydrogen (secondary N) is 2. The van der Waals surface area contributed by atoms with Gasteiger partial charge >= 0.3 is 0 Å². The Morgan fingerprint density at radius 3 is 2.54 bits per heavy atom. The first-order valence-electron chi connectivity index (χ1n) is 12.1. The molecule has 0 aliphatic carbocycles. The van der Waals surface area contributed by atoms with Crippen LogP contribution >= 0.6 is 23.2 Å². The van der Waals surface area contributed by atoms with Crippen molar-refractivity contribution in [1.82, 2.24) is 19.9 Å². The van der Waals surface area contributed by atoms with Crippen molar-refractivity contribution in [2.45, 2.75) is 12.8 Å². The molecule has 37 heavy (non-hydrogen) atoms. The van der Waals surface area contributed by atoms with Gasteiger partial charge in [-0.15, -0.1) is 0 Å². The minimum absolute atomic E-state index is 0.0434. The van der Waals surface area contributed by atoms with Crippen LogP contribution in [0.4, 0.5) is 34.6 Å². The van der Waals surface area contributed by atoms with E-state index in [4.69, 9.17) is 27.9 Å². The number of benzene rings is 1. The molecule has 0 spiro atoms. The molecule has 0 atom stereocenters. The second-order valence-corrected chi connectivity index (χ2v) is 9.77. The number of ether oxygens (including phenoxy) is 1. The highest BCUT2D eigenvalue weighted by molar-refractivity contribution is 6.34. The Bertz CT molecular complexity index is 1300. The Hall–Kier alpha value is -3.34. The van der Waals surface area contributed by atoms with Gasteiger partial charge in [0, 0.05) is 51.4 Å². The molecule has 12 heteroatoms. The SMILES string of the molecule is COc1cc(N2CCN(C)CC2)c(Cl)cc1Nc1ncc(Cl)c(Nc2cccnc2N2CCCC2=O)n1. The summed E-state index contributed by atoms with van der Waals surface area (Å²) in [7, 11) is 3.73. The summed E-state index contributed by atoms with van der Waals surface area (Å²) in [6.07, 6.45) is 4.47. The fourth-order valence-corrected chi connectivity index (χ4v) is 4.87. The lowest BCUT2D eigenvalue weighted by Gasteiger charge is -2.34. The van der Waals surface area contributed by atoms with E-state index >= 15 is 0 Å². The lowest BCUT2D eigenvalue weighted by molar-refractivity contribution is -0.117. The third-order valence-corrected chi connectivity index (χ3v) is 7.05. The van der Waals surface area contributed by atoms with E-state index < -0.39 is 0 Å². The van der Waals surface area contributed by atoms with Crippen LogP contribution in [0.25, 0.3) is 0 Å². The maximum atomic E-state index is 12.3. The first kappa shape index (κ1) is 25.3. The quantitative estimate of drug-likeness (QED) is 0.445. The van der Waals surface area contributed by atoms with Gasteiger partial charge in [-0.05, 0) is 31.7 Å². The van der Waals surface area contributed by atoms with Crippen LogP contribution in [0.1, 0.15) is 12.8 Å². The van der Waals surface area contributed by atoms with E-state index in [9.17, 15) is 4.79 Å². The van der Waals surface area contributed by atoms with Crippen molar-refractivity contribution in [2.24, 2.45) is 0 Å². The zero-order valence-corrected chi connectivity index (χ0v) is 22.2. The van der Waals surface area contributed by atoms with Crippen molar-refractivity contribution >= 4 is 63.8 Å². The maximum Gasteiger partial charge on any atom is 0.229 e. The number of anilines is 6. The van der Waals surface area contributed by atoms with Crippen LogP contribution in [0, 0.1) is 0 Å². The zero-order valence-electron chi connectivity index (χ0n) is 20.7. The number of halogens is 2. The number of hydrogen-bond donors (Lipinski definition) is 2. The molecule has 5 rings (SSSR count). The van der Waals surface area contributed by atoms with Gasteiger partial charge in [0.15, 0.2) is 11.6 Å². The van der Waals surface area contributed by atoms with Crippen molar-refractivity contribution in [2.75, 3.05) is 67.3 Å². The molecule has 2 N–H and O–H groups in total. The Morgan fingerprint density at radius 1 is 1.00 bits per heavy atom. The Kier molecular flexibility index (Phi) is 7.50. The third-order valence-electron chi connectivity index (χ3n) is 6.47. The number of piperazine rings is 1. The average molecular weight is 543 g/mol. The topological polar surface area (TPSA) is 98.8 Å². The molecular weight excluding hydrogens is 515 g/mol. The number of nitrogens with zero attached hydrogens (tertiary/aromatic N) is 6. The molecule has 2 aromatic heterocycles. The highest BCUT2D eigenvalue weighted by Gasteiger charge is 2.25. The van der Waals surface area contributed by atoms with Crippen molar-refractivity contribution < 1.29 is 9.53 Å². The number of carbonyl (C=O) groups is 1. The minimum Gasteiger partial charge on any atom is -0.494 e. The van der Waals surface area contributed by atoms with E-state index in [1.54, 1.807) is 24.3 Å². The van der Waals surface area contributed by atoms with Crippen molar-refractivity contribution in [3.8, 4) is 5.75 Å². The monoisotopic (exact) mass is 542 g/mol. The molecule has 0 saturated carbocycles. The summed E-state index contributed by atoms with van der Waals surface area (Å²) in [5.74, 6) is 1.88. The van der Waals surface area contributed by atoms with Crippen molar-refractivity contribution in [3.63, 3.8) is 0 Å². The molecule has 3 aromatic rings. The van der Waals surface area contributed by atoms with Gasteiger partial charge in [-0.2, -0.15) is 4.98 Å². The van der Waals surface area contributed by atoms with Crippen LogP contribution in [0.2, 0.25) is 10.0 Å². The molecule has 194 valence electrons. The first-order chi connectivity index (χ1) is 17.9. The second-order valence-electron chi connectivity index (χ2n) is 8.96. The fraction of sp³-hybridized carbons (Fsp3) is 0.360. The molecule has 1 amide bonds. The van der Waals surface area contributed by atoms with Gasteiger partial charge in [0.25, 0.3) is 0 Å². The van der Waals surface area contributed by atoms with Crippen LogP contribution in [-0.2, 0) is 4.79 Å². The van der Waals surface area contributed by atoms with Gasteiger partial charge in [-0.1, -0.05) is 23.2 Å². The van der Waals surface area contributed by atoms with E-state index in [0.29, 0.717) is 57.7 Å². The summed E-state index contributed by atoms with van der Waals surface area (Å²) in [5, 5.41) is 7.34. The lowest BCUT2D eigenvalue weighted by Crippen LogP contribution is -2.44. The summed E-state index contributed by atoms with van der Waals surface area (Å²) < 4.78 is 5.66. The molecular formula is C25H28Cl2N8O2. The largest absolute Gasteiger partial charge is 0.494 e. The van der Waals surface area contributed by atoms with Crippen LogP contribution in [0.15, 0.2) is 36.7 Å². The third kappa shape index (κ3) is 5.51. The standard InChI is InChI=1S/C25H28Cl2N8O2/c1-33-9-11-34(12-10-33)20-14-21(37-2)19(13-16(20)26)31-25-29-15-17(27)23(32-25)30-18-5-3-7-28-24(18)35-8-4-6-22(35)36/h3,5,7,13-15H,4,6,8-12H2,1-2H3,(H2,29,30,31,32). The Labute approximate surface area is 225 Å². The predicted molar refractivity (Wildman–Crippen MR) is 147 cm³/mol. The highest BCUT2D eigenvalue weighted by Crippen LogP contribution is 2.38. The number of carbonyl (C=O) groups excluding carboxylic acids is 1. The Morgan fingerprint density at radius 2 is 1.81 bits per heavy atom. The molecule has 2 aliphatic heterocycles. The summed E-state index contributed by atoms with van der Waals surface area (Å²) >= 11 is 13.1. The summed E-state index contributed by atoms with van der Waals surface area (Å²) in [4.78, 5) is 31.8. The number of hydrogen-bond acceptors (Lipinski definition) is 9. The van der Waals surface area contributed by atoms with E-state index in [0.717, 1.165) is 38.3 Å². The number of rotatable bonds is 7. The first-order valence-corrected chi connectivity index (χ1v) is 12.8. The molecule has 2 aliphatic rings. The highest BCUT2D eigenvalue weighted by atomic mass is 35.5. The fourth-order valence-electron chi connectivity index (χ4n) is 4.44. The molecule has 0 bridgehead atoms. The second kappa shape index (κ2) is 11.0. The molecule has 10 nitrogen and oxygen atoms in total. The molecule has 4 heterocycles. The van der Waals surface area contributed by atoms with Crippen LogP contribution in [-0.4, -0.2) is 72.6 Å². The number of amides is 1. The van der Waals surface area contributed by atoms with E-state index in [1.807, 2.05) is 18.2 Å². The number of pyridine rings is 1. The van der Waals surface area contributed by atoms with Gasteiger partial charge in [0.05, 0.1) is 35.4 Å². The zero-order chi connectivity index (χ0) is 25.9. The Balaban J connectivity index is 1.39. The molecule has 1 aromatic carbocycles. The summed E-state index contributed by atoms with van der Waals surface area (Å²) in [6, 6.07) is 7.37. The number of likely N-dealkylation sites (N-methyl/N-ethyl adjacent to an activating group) is 1. The van der Waals surface area contributed by atoms with Crippen LogP contribution in [0.3, 0.4) is 0 Å². The van der Waals surface area contributed by atoms with Crippen LogP contribution < -0.4 is 25.2 Å². The van der Waals surface area contributed by atoms with Gasteiger partial charge in [0.1, 0.15) is 10.8 Å². The van der Waals surface area contributed by atoms with E-state index in [-0.39, 0.29) is 5.91 Å². The summed E-state index contributed by atoms with van der Waals surface area (Å²) in [5.41, 5.74) is 2.18. The number of methoxy groups -OCH3 is 1. The predicted octanol–water partition coefficient (Wildman–Crippen LogP) is 4.55. The van der Waals surface area contributed by atoms with Crippen LogP contribution in [0.5, 0.6) is 5.75 Å². The van der Waals surface area contributed by atoms with Gasteiger partial charge in [-0.25, -0.2) is 9.97 Å². The van der Waals surface area contributed by atoms with Crippen molar-refractivity contribution in [1.29, 1.82) is 0 Å². The van der Waals surface area contributed by atoms with Gasteiger partial charge in [0.2, 0.25) is 11.9 Å². The molecule has 2 saturated heterocycles. The number of aromatic nitrogens is 3. The van der Waals surface area contributed by atoms with E-state index in [2.05, 4.69) is 42.4 Å². The maximum absolute atomic E-state index is 12.3. The lowest BCUT2D eigenvalue weighted by atomic mass is 10.2. The van der Waals surface area contributed by atoms with Gasteiger partial charge in [-0.3, -0.25) is 9.69 Å². The smallest absolute Gasteiger partial charge is 0.229 e. The molecule has 2 fully saturated rings. The van der Waals surface area contributed by atoms with Gasteiger partial charge < -0.3 is 25.2 Å². The van der Waals surface area contributed by atoms with Crippen molar-refractivity contribution in [3.05, 3.63) is 46.7 Å². The minimum atomic E-state index is 0.0434. The average Bonchev–Trinajstić information content (AvgIpc) is 3.33. The normalized spacial score (nSPS) is 16.3. The molecule has 0 radical (unpaired) electrons. The van der Waals surface area contributed by atoms with E-state index in [1.165, 1.54) is 6.20 Å². The summed E-state index contributed by atoms with van der Waals surface area (Å²) in [6.45, 7) is 4.34.